The van der Waals surface area contributed by atoms with Crippen LogP contribution in [0.15, 0.2) is 113 Å². The molecule has 4 atom stereocenters. The third kappa shape index (κ3) is 6.51. The van der Waals surface area contributed by atoms with E-state index >= 15 is 0 Å². The number of rotatable bonds is 9. The Morgan fingerprint density at radius 2 is 1.60 bits per heavy atom. The van der Waals surface area contributed by atoms with Crippen LogP contribution in [0.1, 0.15) is 36.0 Å². The number of aliphatic hydroxyl groups excluding tert-OH is 1. The average molecular weight is 577 g/mol. The first kappa shape index (κ1) is 28.2. The lowest BCUT2D eigenvalue weighted by atomic mass is 9.91. The van der Waals surface area contributed by atoms with E-state index in [2.05, 4.69) is 11.6 Å². The molecule has 0 bridgehead atoms. The van der Waals surface area contributed by atoms with Crippen molar-refractivity contribution in [3.63, 3.8) is 0 Å². The van der Waals surface area contributed by atoms with Crippen LogP contribution in [-0.2, 0) is 26.1 Å². The number of ether oxygens (including phenoxy) is 2. The van der Waals surface area contributed by atoms with E-state index in [1.807, 2.05) is 54.6 Å². The van der Waals surface area contributed by atoms with Gasteiger partial charge in [0.2, 0.25) is 0 Å². The number of hydrogen-bond acceptors (Lipinski definition) is 7. The Bertz CT molecular complexity index is 1530. The maximum Gasteiger partial charge on any atom is 0.261 e. The lowest BCUT2D eigenvalue weighted by Crippen LogP contribution is -2.38. The summed E-state index contributed by atoms with van der Waals surface area (Å²) in [6.07, 6.45) is -1.19. The molecule has 1 heterocycles. The van der Waals surface area contributed by atoms with E-state index in [1.54, 1.807) is 60.3 Å². The molecule has 40 heavy (non-hydrogen) atoms. The highest BCUT2D eigenvalue weighted by molar-refractivity contribution is 7.99. The summed E-state index contributed by atoms with van der Waals surface area (Å²) in [5.74, 6) is 0.661. The zero-order valence-corrected chi connectivity index (χ0v) is 23.6. The van der Waals surface area contributed by atoms with Gasteiger partial charge >= 0.3 is 0 Å². The summed E-state index contributed by atoms with van der Waals surface area (Å²) in [5, 5.41) is 9.49. The van der Waals surface area contributed by atoms with Crippen LogP contribution in [0.4, 0.5) is 11.4 Å². The second kappa shape index (κ2) is 12.4. The summed E-state index contributed by atoms with van der Waals surface area (Å²) in [7, 11) is -3.75. The van der Waals surface area contributed by atoms with Gasteiger partial charge in [-0.25, -0.2) is 8.42 Å². The molecular weight excluding hydrogens is 544 g/mol. The number of aliphatic hydroxyl groups is 1. The largest absolute Gasteiger partial charge is 0.398 e. The molecule has 1 unspecified atom stereocenters. The molecule has 0 aliphatic carbocycles. The average Bonchev–Trinajstić information content (AvgIpc) is 2.98. The van der Waals surface area contributed by atoms with Gasteiger partial charge in [0, 0.05) is 33.5 Å². The van der Waals surface area contributed by atoms with Gasteiger partial charge in [-0.3, -0.25) is 4.72 Å². The van der Waals surface area contributed by atoms with Gasteiger partial charge in [0.1, 0.15) is 0 Å². The summed E-state index contributed by atoms with van der Waals surface area (Å²) in [6, 6.07) is 30.8. The predicted octanol–water partition coefficient (Wildman–Crippen LogP) is 6.15. The van der Waals surface area contributed by atoms with E-state index in [-0.39, 0.29) is 29.6 Å². The first-order valence-electron chi connectivity index (χ1n) is 13.0. The van der Waals surface area contributed by atoms with Crippen LogP contribution < -0.4 is 10.5 Å². The Morgan fingerprint density at radius 1 is 0.875 bits per heavy atom. The van der Waals surface area contributed by atoms with Gasteiger partial charge in [-0.15, -0.1) is 11.8 Å². The molecule has 0 radical (unpaired) electrons. The van der Waals surface area contributed by atoms with Crippen molar-refractivity contribution in [2.75, 3.05) is 16.2 Å². The third-order valence-corrected chi connectivity index (χ3v) is 9.49. The number of nitrogens with one attached hydrogen (secondary N) is 1. The van der Waals surface area contributed by atoms with E-state index in [4.69, 9.17) is 15.2 Å². The molecule has 4 aromatic carbocycles. The van der Waals surface area contributed by atoms with Crippen molar-refractivity contribution in [3.05, 3.63) is 120 Å². The Morgan fingerprint density at radius 3 is 2.33 bits per heavy atom. The lowest BCUT2D eigenvalue weighted by Gasteiger charge is -2.41. The monoisotopic (exact) mass is 576 g/mol. The molecule has 4 aromatic rings. The second-order valence-electron chi connectivity index (χ2n) is 9.71. The molecule has 4 N–H and O–H groups in total. The SMILES string of the molecule is C[C@H]1[C@@H](CSc2ccccc2N)OC(c2cccc(NS(=O)(=O)c3ccccc3)c2)O[C@H]1c1ccc(CO)cc1. The van der Waals surface area contributed by atoms with Gasteiger partial charge in [-0.2, -0.15) is 0 Å². The first-order chi connectivity index (χ1) is 19.3. The van der Waals surface area contributed by atoms with E-state index in [0.717, 1.165) is 21.7 Å². The number of hydrogen-bond donors (Lipinski definition) is 3. The molecule has 0 saturated carbocycles. The molecule has 0 aromatic heterocycles. The van der Waals surface area contributed by atoms with Gasteiger partial charge in [0.25, 0.3) is 10.0 Å². The van der Waals surface area contributed by atoms with Gasteiger partial charge in [0.15, 0.2) is 6.29 Å². The van der Waals surface area contributed by atoms with Gasteiger partial charge in [0.05, 0.1) is 23.7 Å². The van der Waals surface area contributed by atoms with Gasteiger partial charge in [-0.1, -0.05) is 73.7 Å². The normalized spacial score (nSPS) is 21.1. The summed E-state index contributed by atoms with van der Waals surface area (Å²) in [5.41, 5.74) is 9.82. The van der Waals surface area contributed by atoms with Crippen LogP contribution >= 0.6 is 11.8 Å². The number of anilines is 2. The van der Waals surface area contributed by atoms with Crippen LogP contribution in [0.3, 0.4) is 0 Å². The standard InChI is InChI=1S/C31H32N2O5S2/c1-21-28(20-39-29-13-6-5-12-27(29)32)37-31(38-30(21)23-16-14-22(19-34)15-17-23)24-8-7-9-25(18-24)33-40(35,36)26-10-3-2-4-11-26/h2-18,21,28,30-31,33-34H,19-20,32H2,1H3/t21-,28+,30+,31?/m0/s1. The molecule has 1 fully saturated rings. The molecule has 1 aliphatic heterocycles. The number of nitrogen functional groups attached to an aromatic ring is 1. The fraction of sp³-hybridized carbons (Fsp3) is 0.226. The fourth-order valence-electron chi connectivity index (χ4n) is 4.66. The second-order valence-corrected chi connectivity index (χ2v) is 12.5. The molecule has 9 heteroatoms. The molecule has 208 valence electrons. The number of thioether (sulfide) groups is 1. The summed E-state index contributed by atoms with van der Waals surface area (Å²) >= 11 is 1.64. The van der Waals surface area contributed by atoms with Crippen molar-refractivity contribution >= 4 is 33.2 Å². The Labute approximate surface area is 239 Å². The van der Waals surface area contributed by atoms with E-state index in [0.29, 0.717) is 17.0 Å². The minimum absolute atomic E-state index is 0.00780. The number of nitrogens with two attached hydrogens (primary N) is 1. The maximum absolute atomic E-state index is 12.9. The van der Waals surface area contributed by atoms with Crippen LogP contribution in [0.2, 0.25) is 0 Å². The highest BCUT2D eigenvalue weighted by Gasteiger charge is 2.38. The fourth-order valence-corrected chi connectivity index (χ4v) is 6.86. The van der Waals surface area contributed by atoms with Gasteiger partial charge < -0.3 is 20.3 Å². The minimum atomic E-state index is -3.75. The van der Waals surface area contributed by atoms with Gasteiger partial charge in [-0.05, 0) is 47.5 Å². The van der Waals surface area contributed by atoms with E-state index < -0.39 is 16.3 Å². The Hall–Kier alpha value is -3.34. The zero-order chi connectivity index (χ0) is 28.1. The van der Waals surface area contributed by atoms with Crippen molar-refractivity contribution in [2.24, 2.45) is 5.92 Å². The smallest absolute Gasteiger partial charge is 0.261 e. The van der Waals surface area contributed by atoms with Crippen LogP contribution in [0.5, 0.6) is 0 Å². The lowest BCUT2D eigenvalue weighted by molar-refractivity contribution is -0.268. The number of sulfonamides is 1. The van der Waals surface area contributed by atoms with Crippen molar-refractivity contribution in [2.45, 2.75) is 41.8 Å². The zero-order valence-electron chi connectivity index (χ0n) is 22.0. The van der Waals surface area contributed by atoms with E-state index in [9.17, 15) is 13.5 Å². The first-order valence-corrected chi connectivity index (χ1v) is 15.5. The summed E-state index contributed by atoms with van der Waals surface area (Å²) in [6.45, 7) is 2.07. The van der Waals surface area contributed by atoms with Crippen molar-refractivity contribution in [1.29, 1.82) is 0 Å². The third-order valence-electron chi connectivity index (χ3n) is 6.91. The van der Waals surface area contributed by atoms with Crippen LogP contribution in [-0.4, -0.2) is 25.4 Å². The molecule has 0 spiro atoms. The summed E-state index contributed by atoms with van der Waals surface area (Å²) in [4.78, 5) is 1.17. The number of benzene rings is 4. The predicted molar refractivity (Wildman–Crippen MR) is 158 cm³/mol. The molecular formula is C31H32N2O5S2. The topological polar surface area (TPSA) is 111 Å². The summed E-state index contributed by atoms with van der Waals surface area (Å²) < 4.78 is 41.5. The molecule has 1 saturated heterocycles. The Balaban J connectivity index is 1.41. The van der Waals surface area contributed by atoms with Crippen molar-refractivity contribution in [3.8, 4) is 0 Å². The molecule has 0 amide bonds. The van der Waals surface area contributed by atoms with Crippen LogP contribution in [0.25, 0.3) is 0 Å². The van der Waals surface area contributed by atoms with E-state index in [1.165, 1.54) is 0 Å². The van der Waals surface area contributed by atoms with Crippen LogP contribution in [0, 0.1) is 5.92 Å². The maximum atomic E-state index is 12.9. The molecule has 7 nitrogen and oxygen atoms in total. The van der Waals surface area contributed by atoms with Crippen molar-refractivity contribution in [1.82, 2.24) is 0 Å². The highest BCUT2D eigenvalue weighted by atomic mass is 32.2. The number of para-hydroxylation sites is 1. The van der Waals surface area contributed by atoms with Crippen molar-refractivity contribution < 1.29 is 23.0 Å². The highest BCUT2D eigenvalue weighted by Crippen LogP contribution is 2.43. The molecule has 5 rings (SSSR count). The molecule has 1 aliphatic rings. The Kier molecular flexibility index (Phi) is 8.78. The quantitative estimate of drug-likeness (QED) is 0.162. The minimum Gasteiger partial charge on any atom is -0.398 e.